The molecule has 130 valence electrons. The van der Waals surface area contributed by atoms with Gasteiger partial charge in [0.15, 0.2) is 0 Å². The van der Waals surface area contributed by atoms with Crippen LogP contribution in [-0.4, -0.2) is 55.5 Å². The molecule has 0 bridgehead atoms. The number of nitrogens with one attached hydrogen (secondary N) is 1. The van der Waals surface area contributed by atoms with Gasteiger partial charge in [-0.15, -0.1) is 0 Å². The van der Waals surface area contributed by atoms with Gasteiger partial charge in [0.2, 0.25) is 0 Å². The lowest BCUT2D eigenvalue weighted by molar-refractivity contribution is -0.0851. The highest BCUT2D eigenvalue weighted by Crippen LogP contribution is 2.43. The molecule has 0 unspecified atom stereocenters. The molecule has 4 rings (SSSR count). The Kier molecular flexibility index (Phi) is 4.76. The van der Waals surface area contributed by atoms with Crippen molar-refractivity contribution >= 4 is 6.03 Å². The van der Waals surface area contributed by atoms with E-state index in [2.05, 4.69) is 5.32 Å². The molecule has 0 radical (unpaired) electrons. The van der Waals surface area contributed by atoms with E-state index in [1.807, 2.05) is 4.90 Å². The number of nitrogens with zero attached hydrogens (tertiary/aromatic N) is 1. The average Bonchev–Trinajstić information content (AvgIpc) is 3.30. The smallest absolute Gasteiger partial charge is 0.317 e. The Morgan fingerprint density at radius 2 is 1.78 bits per heavy atom. The molecule has 4 atom stereocenters. The van der Waals surface area contributed by atoms with E-state index in [9.17, 15) is 4.79 Å². The summed E-state index contributed by atoms with van der Waals surface area (Å²) < 4.78 is 11.6. The number of carbonyl (C=O) groups is 1. The van der Waals surface area contributed by atoms with Crippen molar-refractivity contribution in [2.45, 2.75) is 69.6 Å². The molecule has 5 heteroatoms. The van der Waals surface area contributed by atoms with E-state index in [1.165, 1.54) is 32.1 Å². The van der Waals surface area contributed by atoms with Gasteiger partial charge in [-0.05, 0) is 50.4 Å². The van der Waals surface area contributed by atoms with Crippen LogP contribution in [0.4, 0.5) is 4.79 Å². The largest absolute Gasteiger partial charge is 0.375 e. The minimum absolute atomic E-state index is 0.0579. The second-order valence-corrected chi connectivity index (χ2v) is 7.82. The van der Waals surface area contributed by atoms with E-state index >= 15 is 0 Å². The molecule has 2 saturated heterocycles. The summed E-state index contributed by atoms with van der Waals surface area (Å²) >= 11 is 0. The van der Waals surface area contributed by atoms with E-state index in [4.69, 9.17) is 9.47 Å². The van der Waals surface area contributed by atoms with Gasteiger partial charge in [-0.2, -0.15) is 0 Å². The maximum absolute atomic E-state index is 12.6. The minimum atomic E-state index is 0.0579. The first kappa shape index (κ1) is 15.7. The van der Waals surface area contributed by atoms with Gasteiger partial charge in [0.1, 0.15) is 6.10 Å². The zero-order valence-electron chi connectivity index (χ0n) is 14.0. The fourth-order valence-electron chi connectivity index (χ4n) is 4.60. The van der Waals surface area contributed by atoms with Crippen molar-refractivity contribution in [2.75, 3.05) is 26.3 Å². The number of rotatable bonds is 3. The van der Waals surface area contributed by atoms with E-state index in [1.54, 1.807) is 0 Å². The zero-order valence-corrected chi connectivity index (χ0v) is 14.0. The van der Waals surface area contributed by atoms with Crippen LogP contribution in [0.25, 0.3) is 0 Å². The van der Waals surface area contributed by atoms with Gasteiger partial charge in [0, 0.05) is 19.2 Å². The van der Waals surface area contributed by atoms with Crippen LogP contribution in [0.2, 0.25) is 0 Å². The van der Waals surface area contributed by atoms with Crippen LogP contribution >= 0.6 is 0 Å². The number of ether oxygens (including phenoxy) is 2. The Morgan fingerprint density at radius 1 is 0.913 bits per heavy atom. The molecule has 2 aliphatic heterocycles. The Balaban J connectivity index is 1.27. The van der Waals surface area contributed by atoms with Crippen molar-refractivity contribution in [3.8, 4) is 0 Å². The quantitative estimate of drug-likeness (QED) is 0.869. The number of urea groups is 1. The average molecular weight is 322 g/mol. The molecular weight excluding hydrogens is 292 g/mol. The highest BCUT2D eigenvalue weighted by Gasteiger charge is 2.36. The summed E-state index contributed by atoms with van der Waals surface area (Å²) in [4.78, 5) is 14.6. The fraction of sp³-hybridized carbons (Fsp3) is 0.944. The van der Waals surface area contributed by atoms with Crippen LogP contribution in [-0.2, 0) is 9.47 Å². The molecule has 5 nitrogen and oxygen atoms in total. The number of hydrogen-bond acceptors (Lipinski definition) is 3. The summed E-state index contributed by atoms with van der Waals surface area (Å²) in [6.45, 7) is 2.85. The topological polar surface area (TPSA) is 50.8 Å². The second kappa shape index (κ2) is 6.98. The molecule has 0 aromatic carbocycles. The van der Waals surface area contributed by atoms with E-state index in [0.717, 1.165) is 37.7 Å². The number of morpholine rings is 1. The van der Waals surface area contributed by atoms with Crippen molar-refractivity contribution in [1.82, 2.24) is 10.2 Å². The Labute approximate surface area is 139 Å². The first-order valence-electron chi connectivity index (χ1n) is 9.58. The van der Waals surface area contributed by atoms with Crippen molar-refractivity contribution in [3.05, 3.63) is 0 Å². The molecule has 4 aliphatic rings. The SMILES string of the molecule is O=C(N[C@@H]1CCC[C@H](C2CC2)C1)N1CCO[C@@H]([C@@H]2CCCO2)C1. The summed E-state index contributed by atoms with van der Waals surface area (Å²) in [5, 5.41) is 3.30. The van der Waals surface area contributed by atoms with Crippen LogP contribution in [0.3, 0.4) is 0 Å². The predicted octanol–water partition coefficient (Wildman–Crippen LogP) is 2.54. The highest BCUT2D eigenvalue weighted by molar-refractivity contribution is 5.74. The van der Waals surface area contributed by atoms with Crippen molar-refractivity contribution in [1.29, 1.82) is 0 Å². The lowest BCUT2D eigenvalue weighted by Gasteiger charge is -2.37. The van der Waals surface area contributed by atoms with Gasteiger partial charge >= 0.3 is 6.03 Å². The van der Waals surface area contributed by atoms with Crippen LogP contribution in [0.1, 0.15) is 51.4 Å². The van der Waals surface area contributed by atoms with Crippen molar-refractivity contribution in [2.24, 2.45) is 11.8 Å². The molecule has 2 amide bonds. The lowest BCUT2D eigenvalue weighted by Crippen LogP contribution is -2.54. The maximum atomic E-state index is 12.6. The summed E-state index contributed by atoms with van der Waals surface area (Å²) in [7, 11) is 0. The molecule has 4 fully saturated rings. The molecule has 2 aliphatic carbocycles. The third-order valence-electron chi connectivity index (χ3n) is 6.09. The second-order valence-electron chi connectivity index (χ2n) is 7.82. The third kappa shape index (κ3) is 3.82. The molecule has 1 N–H and O–H groups in total. The van der Waals surface area contributed by atoms with Crippen molar-refractivity contribution in [3.63, 3.8) is 0 Å². The summed E-state index contributed by atoms with van der Waals surface area (Å²) in [5.41, 5.74) is 0. The van der Waals surface area contributed by atoms with Crippen LogP contribution in [0, 0.1) is 11.8 Å². The first-order valence-corrected chi connectivity index (χ1v) is 9.58. The molecule has 2 heterocycles. The monoisotopic (exact) mass is 322 g/mol. The number of carbonyl (C=O) groups excluding carboxylic acids is 1. The molecule has 23 heavy (non-hydrogen) atoms. The van der Waals surface area contributed by atoms with Crippen LogP contribution < -0.4 is 5.32 Å². The third-order valence-corrected chi connectivity index (χ3v) is 6.09. The summed E-state index contributed by atoms with van der Waals surface area (Å²) in [5.74, 6) is 1.82. The molecule has 2 saturated carbocycles. The molecule has 0 aromatic heterocycles. The normalized spacial score (nSPS) is 38.5. The van der Waals surface area contributed by atoms with Crippen LogP contribution in [0.5, 0.6) is 0 Å². The minimum Gasteiger partial charge on any atom is -0.375 e. The Bertz CT molecular complexity index is 420. The Hall–Kier alpha value is -0.810. The number of hydrogen-bond donors (Lipinski definition) is 1. The van der Waals surface area contributed by atoms with E-state index in [-0.39, 0.29) is 18.2 Å². The Morgan fingerprint density at radius 3 is 2.57 bits per heavy atom. The van der Waals surface area contributed by atoms with E-state index in [0.29, 0.717) is 25.7 Å². The zero-order chi connectivity index (χ0) is 15.6. The van der Waals surface area contributed by atoms with Gasteiger partial charge < -0.3 is 19.7 Å². The van der Waals surface area contributed by atoms with Gasteiger partial charge in [0.25, 0.3) is 0 Å². The molecule has 0 spiro atoms. The van der Waals surface area contributed by atoms with Gasteiger partial charge in [-0.1, -0.05) is 12.8 Å². The highest BCUT2D eigenvalue weighted by atomic mass is 16.5. The van der Waals surface area contributed by atoms with E-state index < -0.39 is 0 Å². The molecule has 0 aromatic rings. The fourth-order valence-corrected chi connectivity index (χ4v) is 4.60. The van der Waals surface area contributed by atoms with Gasteiger partial charge in [0.05, 0.1) is 19.3 Å². The van der Waals surface area contributed by atoms with Crippen LogP contribution in [0.15, 0.2) is 0 Å². The first-order chi connectivity index (χ1) is 11.3. The van der Waals surface area contributed by atoms with Crippen molar-refractivity contribution < 1.29 is 14.3 Å². The molecular formula is C18H30N2O3. The summed E-state index contributed by atoms with van der Waals surface area (Å²) in [6, 6.07) is 0.489. The predicted molar refractivity (Wildman–Crippen MR) is 87.3 cm³/mol. The summed E-state index contributed by atoms with van der Waals surface area (Å²) in [6.07, 6.45) is 10.2. The van der Waals surface area contributed by atoms with Gasteiger partial charge in [-0.25, -0.2) is 4.79 Å². The lowest BCUT2D eigenvalue weighted by atomic mass is 9.83. The maximum Gasteiger partial charge on any atom is 0.317 e. The number of amides is 2. The standard InChI is InChI=1S/C18H30N2O3/c21-18(19-15-4-1-3-14(11-15)13-6-7-13)20-8-10-23-17(12-20)16-5-2-9-22-16/h13-17H,1-12H2,(H,19,21)/t14-,15+,16-,17+/m0/s1. The van der Waals surface area contributed by atoms with Gasteiger partial charge in [-0.3, -0.25) is 0 Å².